The number of ether oxygens (including phenoxy) is 1. The van der Waals surface area contributed by atoms with Crippen molar-refractivity contribution in [1.29, 1.82) is 0 Å². The van der Waals surface area contributed by atoms with Crippen molar-refractivity contribution in [1.82, 2.24) is 5.32 Å². The van der Waals surface area contributed by atoms with Gasteiger partial charge >= 0.3 is 19.8 Å². The number of phosphoric acid groups is 1. The van der Waals surface area contributed by atoms with Gasteiger partial charge in [0.1, 0.15) is 12.7 Å². The van der Waals surface area contributed by atoms with E-state index in [1.165, 1.54) is 57.8 Å². The van der Waals surface area contributed by atoms with Gasteiger partial charge in [-0.15, -0.1) is 0 Å². The summed E-state index contributed by atoms with van der Waals surface area (Å²) in [6.07, 6.45) is 49.5. The van der Waals surface area contributed by atoms with Gasteiger partial charge in [0.05, 0.1) is 13.2 Å². The van der Waals surface area contributed by atoms with Crippen molar-refractivity contribution < 1.29 is 47.8 Å². The second kappa shape index (κ2) is 42.9. The van der Waals surface area contributed by atoms with Crippen molar-refractivity contribution in [2.45, 2.75) is 206 Å². The predicted molar refractivity (Wildman–Crippen MR) is 245 cm³/mol. The highest BCUT2D eigenvalue weighted by molar-refractivity contribution is 7.47. The molecule has 0 aromatic rings. The highest BCUT2D eigenvalue weighted by Gasteiger charge is 2.28. The van der Waals surface area contributed by atoms with E-state index in [4.69, 9.17) is 13.8 Å². The van der Waals surface area contributed by atoms with Crippen LogP contribution in [0.25, 0.3) is 0 Å². The van der Waals surface area contributed by atoms with Crippen LogP contribution in [0.1, 0.15) is 194 Å². The minimum Gasteiger partial charge on any atom is -0.480 e. The summed E-state index contributed by atoms with van der Waals surface area (Å²) in [5.41, 5.74) is 0. The molecule has 0 spiro atoms. The van der Waals surface area contributed by atoms with Crippen LogP contribution in [-0.4, -0.2) is 64.9 Å². The van der Waals surface area contributed by atoms with Crippen molar-refractivity contribution >= 4 is 25.7 Å². The Hall–Kier alpha value is -2.82. The quantitative estimate of drug-likeness (QED) is 0.0200. The summed E-state index contributed by atoms with van der Waals surface area (Å²) in [6.45, 7) is 2.47. The lowest BCUT2D eigenvalue weighted by molar-refractivity contribution is -0.147. The zero-order valence-electron chi connectivity index (χ0n) is 37.5. The topological polar surface area (TPSA) is 169 Å². The lowest BCUT2D eigenvalue weighted by atomic mass is 10.0. The summed E-state index contributed by atoms with van der Waals surface area (Å²) >= 11 is 0. The normalized spacial score (nSPS) is 14.2. The molecular weight excluding hydrogens is 781 g/mol. The first kappa shape index (κ1) is 57.2. The summed E-state index contributed by atoms with van der Waals surface area (Å²) in [5, 5.41) is 21.9. The fourth-order valence-electron chi connectivity index (χ4n) is 6.22. The maximum atomic E-state index is 12.3. The molecule has 0 saturated heterocycles. The first-order chi connectivity index (χ1) is 29.1. The average Bonchev–Trinajstić information content (AvgIpc) is 3.22. The molecule has 346 valence electrons. The number of esters is 1. The third-order valence-electron chi connectivity index (χ3n) is 9.82. The molecule has 60 heavy (non-hydrogen) atoms. The smallest absolute Gasteiger partial charge is 0.472 e. The number of carboxylic acid groups (broad SMARTS) is 1. The monoisotopic (exact) mass is 866 g/mol. The van der Waals surface area contributed by atoms with Crippen molar-refractivity contribution in [2.24, 2.45) is 0 Å². The molecule has 0 heterocycles. The van der Waals surface area contributed by atoms with Gasteiger partial charge in [-0.2, -0.15) is 0 Å². The number of nitrogens with one attached hydrogen (secondary N) is 1. The number of aliphatic hydroxyl groups excluding tert-OH is 1. The van der Waals surface area contributed by atoms with Crippen molar-refractivity contribution in [3.05, 3.63) is 60.8 Å². The number of rotatable bonds is 43. The number of phosphoric ester groups is 1. The third kappa shape index (κ3) is 41.9. The molecule has 0 fully saturated rings. The molecule has 4 N–H and O–H groups in total. The minimum atomic E-state index is -4.76. The number of hydrogen-bond donors (Lipinski definition) is 4. The van der Waals surface area contributed by atoms with Crippen LogP contribution >= 0.6 is 7.82 Å². The van der Waals surface area contributed by atoms with Crippen LogP contribution in [0.4, 0.5) is 0 Å². The van der Waals surface area contributed by atoms with Gasteiger partial charge in [-0.25, -0.2) is 9.36 Å². The Balaban J connectivity index is 3.91. The molecule has 0 aliphatic carbocycles. The number of amides is 1. The molecule has 0 radical (unpaired) electrons. The van der Waals surface area contributed by atoms with E-state index < -0.39 is 57.6 Å². The molecule has 3 atom stereocenters. The second-order valence-corrected chi connectivity index (χ2v) is 17.0. The highest BCUT2D eigenvalue weighted by Crippen LogP contribution is 2.43. The van der Waals surface area contributed by atoms with E-state index in [2.05, 4.69) is 79.9 Å². The number of carbonyl (C=O) groups excluding carboxylic acids is 2. The van der Waals surface area contributed by atoms with E-state index in [-0.39, 0.29) is 12.8 Å². The molecule has 0 saturated carbocycles. The van der Waals surface area contributed by atoms with E-state index in [1.807, 2.05) is 0 Å². The number of aliphatic hydroxyl groups is 1. The first-order valence-corrected chi connectivity index (χ1v) is 24.8. The average molecular weight is 866 g/mol. The number of unbranched alkanes of at least 4 members (excludes halogenated alkanes) is 19. The van der Waals surface area contributed by atoms with Gasteiger partial charge in [-0.05, 0) is 57.8 Å². The van der Waals surface area contributed by atoms with Crippen LogP contribution in [0, 0.1) is 0 Å². The van der Waals surface area contributed by atoms with E-state index in [0.717, 1.165) is 96.3 Å². The number of allylic oxidation sites excluding steroid dienone is 10. The second-order valence-electron chi connectivity index (χ2n) is 15.6. The maximum Gasteiger partial charge on any atom is 0.472 e. The SMILES string of the molecule is CC/C=C\C/C=C\C/C=C\C/C=C\C/C=C\CCCCCCCCCC(=O)NC(COP(=O)(O)OCC(O)COC(=O)CCCCCCCCCCCCCCC)C(=O)O. The van der Waals surface area contributed by atoms with Crippen LogP contribution in [-0.2, 0) is 32.7 Å². The van der Waals surface area contributed by atoms with Crippen LogP contribution in [0.5, 0.6) is 0 Å². The van der Waals surface area contributed by atoms with Crippen molar-refractivity contribution in [3.8, 4) is 0 Å². The van der Waals surface area contributed by atoms with Crippen molar-refractivity contribution in [2.75, 3.05) is 19.8 Å². The zero-order chi connectivity index (χ0) is 44.2. The standard InChI is InChI=1S/C48H84NO10P/c1-3-5-7-9-11-13-15-17-18-19-20-21-22-23-24-25-26-28-29-31-33-35-37-39-46(51)49-45(48(53)54)43-59-60(55,56)58-42-44(50)41-57-47(52)40-38-36-34-32-30-27-16-14-12-10-8-6-4-2/h5,7,11,13,17-18,20-21,23-24,44-45,50H,3-4,6,8-10,12,14-16,19,22,25-43H2,1-2H3,(H,49,51)(H,53,54)(H,55,56)/b7-5-,13-11-,18-17-,21-20-,24-23-. The summed E-state index contributed by atoms with van der Waals surface area (Å²) in [5.74, 6) is -2.39. The Morgan fingerprint density at radius 2 is 0.967 bits per heavy atom. The van der Waals surface area contributed by atoms with Gasteiger partial charge in [-0.1, -0.05) is 184 Å². The van der Waals surface area contributed by atoms with Crippen LogP contribution in [0.2, 0.25) is 0 Å². The van der Waals surface area contributed by atoms with Gasteiger partial charge in [0.15, 0.2) is 6.04 Å². The zero-order valence-corrected chi connectivity index (χ0v) is 38.4. The first-order valence-electron chi connectivity index (χ1n) is 23.3. The molecule has 0 aliphatic rings. The number of carbonyl (C=O) groups is 3. The van der Waals surface area contributed by atoms with E-state index in [0.29, 0.717) is 12.8 Å². The Kier molecular flexibility index (Phi) is 40.8. The molecule has 3 unspecified atom stereocenters. The van der Waals surface area contributed by atoms with Gasteiger partial charge in [0, 0.05) is 12.8 Å². The van der Waals surface area contributed by atoms with Gasteiger partial charge in [0.25, 0.3) is 0 Å². The van der Waals surface area contributed by atoms with Gasteiger partial charge in [0.2, 0.25) is 5.91 Å². The molecule has 0 bridgehead atoms. The van der Waals surface area contributed by atoms with E-state index >= 15 is 0 Å². The summed E-state index contributed by atoms with van der Waals surface area (Å²) < 4.78 is 26.9. The van der Waals surface area contributed by atoms with Crippen LogP contribution < -0.4 is 5.32 Å². The fraction of sp³-hybridized carbons (Fsp3) is 0.729. The highest BCUT2D eigenvalue weighted by atomic mass is 31.2. The Morgan fingerprint density at radius 1 is 0.550 bits per heavy atom. The van der Waals surface area contributed by atoms with Crippen molar-refractivity contribution in [3.63, 3.8) is 0 Å². The lowest BCUT2D eigenvalue weighted by Gasteiger charge is -2.18. The summed E-state index contributed by atoms with van der Waals surface area (Å²) in [6, 6.07) is -1.56. The molecule has 0 aliphatic heterocycles. The molecule has 0 aromatic carbocycles. The summed E-state index contributed by atoms with van der Waals surface area (Å²) in [7, 11) is -4.76. The number of hydrogen-bond acceptors (Lipinski definition) is 8. The largest absolute Gasteiger partial charge is 0.480 e. The van der Waals surface area contributed by atoms with Crippen LogP contribution in [0.3, 0.4) is 0 Å². The summed E-state index contributed by atoms with van der Waals surface area (Å²) in [4.78, 5) is 46.0. The predicted octanol–water partition coefficient (Wildman–Crippen LogP) is 12.3. The number of aliphatic carboxylic acids is 1. The molecule has 11 nitrogen and oxygen atoms in total. The lowest BCUT2D eigenvalue weighted by Crippen LogP contribution is -2.43. The molecule has 0 rings (SSSR count). The van der Waals surface area contributed by atoms with E-state index in [1.54, 1.807) is 0 Å². The third-order valence-corrected chi connectivity index (χ3v) is 10.8. The minimum absolute atomic E-state index is 0.130. The molecule has 12 heteroatoms. The van der Waals surface area contributed by atoms with Gasteiger partial charge in [-0.3, -0.25) is 18.6 Å². The molecule has 1 amide bonds. The Bertz CT molecular complexity index is 1250. The maximum absolute atomic E-state index is 12.3. The fourth-order valence-corrected chi connectivity index (χ4v) is 7.00. The Morgan fingerprint density at radius 3 is 1.45 bits per heavy atom. The molecular formula is C48H84NO10P. The van der Waals surface area contributed by atoms with E-state index in [9.17, 15) is 34.1 Å². The Labute approximate surface area is 364 Å². The van der Waals surface area contributed by atoms with Gasteiger partial charge < -0.3 is 25.2 Å². The number of carboxylic acids is 1. The molecule has 0 aromatic heterocycles. The van der Waals surface area contributed by atoms with Crippen LogP contribution in [0.15, 0.2) is 60.8 Å².